The summed E-state index contributed by atoms with van der Waals surface area (Å²) in [5.74, 6) is -0.783. The molecule has 0 aliphatic carbocycles. The van der Waals surface area contributed by atoms with Crippen LogP contribution in [0.1, 0.15) is 49.7 Å². The van der Waals surface area contributed by atoms with Crippen molar-refractivity contribution in [2.45, 2.75) is 45.5 Å². The van der Waals surface area contributed by atoms with Gasteiger partial charge in [0.05, 0.1) is 18.1 Å². The maximum atomic E-state index is 12.6. The summed E-state index contributed by atoms with van der Waals surface area (Å²) >= 11 is 0. The Bertz CT molecular complexity index is 1100. The van der Waals surface area contributed by atoms with Crippen LogP contribution in [-0.2, 0) is 0 Å². The molecule has 0 fully saturated rings. The van der Waals surface area contributed by atoms with Gasteiger partial charge in [-0.2, -0.15) is 0 Å². The standard InChI is InChI=1S/C21H24F3N5O2/c1-11(2)17-13-7-12(31-21(22,23)24)5-6-14(13)29-18(17)15-8-26-9-16(28-15)19(30)27-10-20(3,4)25/h5-9,11,29H,10,25H2,1-4H3,(H,27,30). The number of H-pyrrole nitrogens is 1. The molecular weight excluding hydrogens is 411 g/mol. The van der Waals surface area contributed by atoms with Crippen LogP contribution in [0.2, 0.25) is 0 Å². The van der Waals surface area contributed by atoms with E-state index in [1.807, 2.05) is 13.8 Å². The number of hydrogen-bond donors (Lipinski definition) is 3. The van der Waals surface area contributed by atoms with E-state index in [1.54, 1.807) is 13.8 Å². The van der Waals surface area contributed by atoms with Crippen molar-refractivity contribution >= 4 is 16.8 Å². The lowest BCUT2D eigenvalue weighted by atomic mass is 9.98. The number of nitrogens with zero attached hydrogens (tertiary/aromatic N) is 2. The molecule has 2 heterocycles. The lowest BCUT2D eigenvalue weighted by Crippen LogP contribution is -2.45. The fourth-order valence-corrected chi connectivity index (χ4v) is 3.19. The summed E-state index contributed by atoms with van der Waals surface area (Å²) in [5.41, 5.74) is 7.76. The van der Waals surface area contributed by atoms with Crippen molar-refractivity contribution in [1.82, 2.24) is 20.3 Å². The Morgan fingerprint density at radius 1 is 1.26 bits per heavy atom. The number of ether oxygens (including phenoxy) is 1. The molecule has 0 atom stereocenters. The zero-order valence-electron chi connectivity index (χ0n) is 17.6. The molecule has 0 aliphatic rings. The van der Waals surface area contributed by atoms with Gasteiger partial charge in [-0.3, -0.25) is 9.78 Å². The van der Waals surface area contributed by atoms with Crippen LogP contribution < -0.4 is 15.8 Å². The molecule has 0 bridgehead atoms. The monoisotopic (exact) mass is 435 g/mol. The molecule has 0 spiro atoms. The second kappa shape index (κ2) is 8.18. The summed E-state index contributed by atoms with van der Waals surface area (Å²) in [7, 11) is 0. The highest BCUT2D eigenvalue weighted by atomic mass is 19.4. The largest absolute Gasteiger partial charge is 0.573 e. The predicted octanol–water partition coefficient (Wildman–Crippen LogP) is 4.11. The molecule has 0 aliphatic heterocycles. The minimum Gasteiger partial charge on any atom is -0.406 e. The number of rotatable bonds is 6. The zero-order chi connectivity index (χ0) is 23.0. The average molecular weight is 435 g/mol. The van der Waals surface area contributed by atoms with Crippen LogP contribution in [0.15, 0.2) is 30.6 Å². The molecule has 0 saturated heterocycles. The summed E-state index contributed by atoms with van der Waals surface area (Å²) in [6.07, 6.45) is -1.95. The third-order valence-electron chi connectivity index (χ3n) is 4.45. The molecule has 4 N–H and O–H groups in total. The van der Waals surface area contributed by atoms with Gasteiger partial charge in [-0.25, -0.2) is 4.98 Å². The van der Waals surface area contributed by atoms with E-state index in [9.17, 15) is 18.0 Å². The molecule has 0 radical (unpaired) electrons. The van der Waals surface area contributed by atoms with Gasteiger partial charge in [-0.1, -0.05) is 13.8 Å². The van der Waals surface area contributed by atoms with E-state index in [1.165, 1.54) is 30.6 Å². The Morgan fingerprint density at radius 3 is 2.58 bits per heavy atom. The van der Waals surface area contributed by atoms with Gasteiger partial charge in [-0.05, 0) is 43.5 Å². The summed E-state index contributed by atoms with van der Waals surface area (Å²) in [6, 6.07) is 4.09. The number of nitrogens with two attached hydrogens (primary N) is 1. The maximum absolute atomic E-state index is 12.6. The molecule has 3 rings (SSSR count). The number of aromatic amines is 1. The molecule has 3 aromatic rings. The van der Waals surface area contributed by atoms with E-state index in [4.69, 9.17) is 5.73 Å². The van der Waals surface area contributed by atoms with Gasteiger partial charge in [0.25, 0.3) is 5.91 Å². The van der Waals surface area contributed by atoms with Crippen molar-refractivity contribution in [2.24, 2.45) is 5.73 Å². The van der Waals surface area contributed by atoms with Crippen LogP contribution in [0.3, 0.4) is 0 Å². The lowest BCUT2D eigenvalue weighted by molar-refractivity contribution is -0.274. The SMILES string of the molecule is CC(C)c1c(-c2cncc(C(=O)NCC(C)(C)N)n2)[nH]c2ccc(OC(F)(F)F)cc12. The first-order chi connectivity index (χ1) is 14.3. The fraction of sp³-hybridized carbons (Fsp3) is 0.381. The van der Waals surface area contributed by atoms with Crippen molar-refractivity contribution in [3.05, 3.63) is 41.9 Å². The number of hydrogen-bond acceptors (Lipinski definition) is 5. The summed E-state index contributed by atoms with van der Waals surface area (Å²) in [4.78, 5) is 24.1. The topological polar surface area (TPSA) is 106 Å². The number of carbonyl (C=O) groups is 1. The van der Waals surface area contributed by atoms with E-state index in [-0.39, 0.29) is 23.9 Å². The molecule has 31 heavy (non-hydrogen) atoms. The number of halogens is 3. The van der Waals surface area contributed by atoms with Gasteiger partial charge in [0, 0.05) is 23.0 Å². The molecule has 2 aromatic heterocycles. The van der Waals surface area contributed by atoms with Crippen LogP contribution in [0.4, 0.5) is 13.2 Å². The van der Waals surface area contributed by atoms with E-state index in [0.717, 1.165) is 5.56 Å². The summed E-state index contributed by atoms with van der Waals surface area (Å²) in [6.45, 7) is 7.65. The Labute approximate surface area is 177 Å². The van der Waals surface area contributed by atoms with Crippen LogP contribution in [0, 0.1) is 0 Å². The van der Waals surface area contributed by atoms with E-state index in [0.29, 0.717) is 22.3 Å². The minimum atomic E-state index is -4.78. The van der Waals surface area contributed by atoms with Crippen LogP contribution in [-0.4, -0.2) is 39.3 Å². The zero-order valence-corrected chi connectivity index (χ0v) is 17.6. The Kier molecular flexibility index (Phi) is 5.95. The molecule has 166 valence electrons. The van der Waals surface area contributed by atoms with Crippen LogP contribution in [0.25, 0.3) is 22.3 Å². The maximum Gasteiger partial charge on any atom is 0.573 e. The highest BCUT2D eigenvalue weighted by molar-refractivity contribution is 5.94. The average Bonchev–Trinajstić information content (AvgIpc) is 3.03. The Morgan fingerprint density at radius 2 is 1.97 bits per heavy atom. The van der Waals surface area contributed by atoms with Gasteiger partial charge < -0.3 is 20.8 Å². The third-order valence-corrected chi connectivity index (χ3v) is 4.45. The van der Waals surface area contributed by atoms with Crippen molar-refractivity contribution < 1.29 is 22.7 Å². The van der Waals surface area contributed by atoms with Gasteiger partial charge in [0.1, 0.15) is 17.1 Å². The number of alkyl halides is 3. The molecule has 10 heteroatoms. The van der Waals surface area contributed by atoms with Crippen LogP contribution >= 0.6 is 0 Å². The van der Waals surface area contributed by atoms with Crippen molar-refractivity contribution in [3.8, 4) is 17.1 Å². The van der Waals surface area contributed by atoms with Gasteiger partial charge >= 0.3 is 6.36 Å². The molecule has 0 saturated carbocycles. The molecule has 1 aromatic carbocycles. The second-order valence-corrected chi connectivity index (χ2v) is 8.28. The first-order valence-electron chi connectivity index (χ1n) is 9.65. The quantitative estimate of drug-likeness (QED) is 0.540. The summed E-state index contributed by atoms with van der Waals surface area (Å²) in [5, 5.41) is 3.29. The van der Waals surface area contributed by atoms with Gasteiger partial charge in [0.15, 0.2) is 0 Å². The van der Waals surface area contributed by atoms with Crippen molar-refractivity contribution in [2.75, 3.05) is 6.54 Å². The molecule has 1 amide bonds. The van der Waals surface area contributed by atoms with Crippen molar-refractivity contribution in [3.63, 3.8) is 0 Å². The predicted molar refractivity (Wildman–Crippen MR) is 111 cm³/mol. The highest BCUT2D eigenvalue weighted by Crippen LogP contribution is 2.37. The Hall–Kier alpha value is -3.14. The van der Waals surface area contributed by atoms with E-state index in [2.05, 4.69) is 25.0 Å². The number of carbonyl (C=O) groups excluding carboxylic acids is 1. The van der Waals surface area contributed by atoms with Crippen molar-refractivity contribution in [1.29, 1.82) is 0 Å². The first-order valence-corrected chi connectivity index (χ1v) is 9.65. The molecular formula is C21H24F3N5O2. The summed E-state index contributed by atoms with van der Waals surface area (Å²) < 4.78 is 42.0. The lowest BCUT2D eigenvalue weighted by Gasteiger charge is -2.18. The normalized spacial score (nSPS) is 12.4. The number of benzene rings is 1. The smallest absolute Gasteiger partial charge is 0.406 e. The molecule has 0 unspecified atom stereocenters. The van der Waals surface area contributed by atoms with Gasteiger partial charge in [0.2, 0.25) is 0 Å². The van der Waals surface area contributed by atoms with E-state index >= 15 is 0 Å². The minimum absolute atomic E-state index is 0.0535. The fourth-order valence-electron chi connectivity index (χ4n) is 3.19. The number of aromatic nitrogens is 3. The van der Waals surface area contributed by atoms with E-state index < -0.39 is 17.8 Å². The number of fused-ring (bicyclic) bond motifs is 1. The molecule has 7 nitrogen and oxygen atoms in total. The highest BCUT2D eigenvalue weighted by Gasteiger charge is 2.31. The second-order valence-electron chi connectivity index (χ2n) is 8.28. The Balaban J connectivity index is 2.02. The number of amides is 1. The number of nitrogens with one attached hydrogen (secondary N) is 2. The first kappa shape index (κ1) is 22.5. The van der Waals surface area contributed by atoms with Crippen LogP contribution in [0.5, 0.6) is 5.75 Å². The van der Waals surface area contributed by atoms with Gasteiger partial charge in [-0.15, -0.1) is 13.2 Å². The third kappa shape index (κ3) is 5.52.